The average Bonchev–Trinajstić information content (AvgIpc) is 2.53. The van der Waals surface area contributed by atoms with Gasteiger partial charge in [-0.25, -0.2) is 0 Å². The third-order valence-electron chi connectivity index (χ3n) is 4.36. The van der Waals surface area contributed by atoms with Crippen LogP contribution in [0.25, 0.3) is 0 Å². The lowest BCUT2D eigenvalue weighted by Gasteiger charge is -2.37. The first-order valence-corrected chi connectivity index (χ1v) is 6.06. The summed E-state index contributed by atoms with van der Waals surface area (Å²) in [5.41, 5.74) is 3.10. The first-order chi connectivity index (χ1) is 7.70. The SMILES string of the molecule is CC1NC(=O)CC12CCc1ccccc1C2. The molecule has 2 nitrogen and oxygen atoms in total. The van der Waals surface area contributed by atoms with E-state index in [0.717, 1.165) is 19.3 Å². The van der Waals surface area contributed by atoms with E-state index in [0.29, 0.717) is 12.5 Å². The minimum absolute atomic E-state index is 0.186. The molecule has 1 heterocycles. The van der Waals surface area contributed by atoms with Crippen molar-refractivity contribution < 1.29 is 4.79 Å². The maximum atomic E-state index is 11.5. The maximum absolute atomic E-state index is 11.5. The summed E-state index contributed by atoms with van der Waals surface area (Å²) in [5, 5.41) is 3.07. The molecule has 2 unspecified atom stereocenters. The lowest BCUT2D eigenvalue weighted by Crippen LogP contribution is -2.38. The van der Waals surface area contributed by atoms with Gasteiger partial charge in [-0.05, 0) is 37.3 Å². The van der Waals surface area contributed by atoms with Crippen LogP contribution >= 0.6 is 0 Å². The van der Waals surface area contributed by atoms with Gasteiger partial charge in [0.25, 0.3) is 0 Å². The fraction of sp³-hybridized carbons (Fsp3) is 0.500. The molecule has 1 aromatic carbocycles. The van der Waals surface area contributed by atoms with Gasteiger partial charge in [0, 0.05) is 17.9 Å². The topological polar surface area (TPSA) is 29.1 Å². The van der Waals surface area contributed by atoms with Crippen LogP contribution < -0.4 is 5.32 Å². The Kier molecular flexibility index (Phi) is 2.06. The minimum atomic E-state index is 0.186. The number of benzene rings is 1. The second-order valence-corrected chi connectivity index (χ2v) is 5.27. The Bertz CT molecular complexity index is 440. The maximum Gasteiger partial charge on any atom is 0.220 e. The van der Waals surface area contributed by atoms with Crippen molar-refractivity contribution in [2.24, 2.45) is 5.41 Å². The molecule has 3 rings (SSSR count). The molecular weight excluding hydrogens is 198 g/mol. The molecule has 0 radical (unpaired) electrons. The number of nitrogens with one attached hydrogen (secondary N) is 1. The van der Waals surface area contributed by atoms with Gasteiger partial charge in [-0.2, -0.15) is 0 Å². The largest absolute Gasteiger partial charge is 0.353 e. The average molecular weight is 215 g/mol. The second-order valence-electron chi connectivity index (χ2n) is 5.27. The van der Waals surface area contributed by atoms with Gasteiger partial charge < -0.3 is 5.32 Å². The van der Waals surface area contributed by atoms with Crippen molar-refractivity contribution in [3.63, 3.8) is 0 Å². The number of carbonyl (C=O) groups excluding carboxylic acids is 1. The molecule has 0 aromatic heterocycles. The van der Waals surface area contributed by atoms with Crippen LogP contribution in [0.5, 0.6) is 0 Å². The molecule has 2 aliphatic rings. The molecule has 2 heteroatoms. The van der Waals surface area contributed by atoms with Gasteiger partial charge in [0.2, 0.25) is 5.91 Å². The van der Waals surface area contributed by atoms with Crippen molar-refractivity contribution in [3.8, 4) is 0 Å². The molecule has 0 bridgehead atoms. The molecule has 1 N–H and O–H groups in total. The lowest BCUT2D eigenvalue weighted by molar-refractivity contribution is -0.119. The number of amides is 1. The quantitative estimate of drug-likeness (QED) is 0.705. The van der Waals surface area contributed by atoms with Crippen LogP contribution in [0.2, 0.25) is 0 Å². The van der Waals surface area contributed by atoms with Gasteiger partial charge in [-0.3, -0.25) is 4.79 Å². The summed E-state index contributed by atoms with van der Waals surface area (Å²) < 4.78 is 0. The second kappa shape index (κ2) is 3.34. The fourth-order valence-corrected chi connectivity index (χ4v) is 3.26. The van der Waals surface area contributed by atoms with Crippen LogP contribution in [0.4, 0.5) is 0 Å². The zero-order chi connectivity index (χ0) is 11.2. The number of hydrogen-bond acceptors (Lipinski definition) is 1. The van der Waals surface area contributed by atoms with Crippen LogP contribution in [-0.4, -0.2) is 11.9 Å². The zero-order valence-electron chi connectivity index (χ0n) is 9.62. The Morgan fingerprint density at radius 3 is 2.69 bits per heavy atom. The van der Waals surface area contributed by atoms with Crippen molar-refractivity contribution in [2.75, 3.05) is 0 Å². The van der Waals surface area contributed by atoms with Gasteiger partial charge in [0.1, 0.15) is 0 Å². The molecule has 0 saturated carbocycles. The Morgan fingerprint density at radius 2 is 2.00 bits per heavy atom. The Balaban J connectivity index is 1.95. The van der Waals surface area contributed by atoms with E-state index in [2.05, 4.69) is 36.5 Å². The normalized spacial score (nSPS) is 32.6. The number of aryl methyl sites for hydroxylation is 1. The number of rotatable bonds is 0. The molecule has 2 atom stereocenters. The van der Waals surface area contributed by atoms with E-state index >= 15 is 0 Å². The monoisotopic (exact) mass is 215 g/mol. The molecule has 1 spiro atoms. The fourth-order valence-electron chi connectivity index (χ4n) is 3.26. The molecule has 1 saturated heterocycles. The van der Waals surface area contributed by atoms with Crippen LogP contribution in [0.15, 0.2) is 24.3 Å². The highest BCUT2D eigenvalue weighted by Gasteiger charge is 2.45. The van der Waals surface area contributed by atoms with Gasteiger partial charge in [-0.15, -0.1) is 0 Å². The molecule has 84 valence electrons. The van der Waals surface area contributed by atoms with E-state index in [1.807, 2.05) is 0 Å². The summed E-state index contributed by atoms with van der Waals surface area (Å²) in [6.45, 7) is 2.15. The summed E-state index contributed by atoms with van der Waals surface area (Å²) in [4.78, 5) is 11.5. The van der Waals surface area contributed by atoms with E-state index in [1.165, 1.54) is 11.1 Å². The summed E-state index contributed by atoms with van der Waals surface area (Å²) in [7, 11) is 0. The predicted molar refractivity (Wildman–Crippen MR) is 63.1 cm³/mol. The van der Waals surface area contributed by atoms with Crippen LogP contribution in [0.1, 0.15) is 30.9 Å². The summed E-state index contributed by atoms with van der Waals surface area (Å²) in [5.74, 6) is 0.229. The standard InChI is InChI=1S/C14H17NO/c1-10-14(9-13(16)15-10)7-6-11-4-2-3-5-12(11)8-14/h2-5,10H,6-9H2,1H3,(H,15,16). The van der Waals surface area contributed by atoms with E-state index in [9.17, 15) is 4.79 Å². The Labute approximate surface area is 96.1 Å². The number of fused-ring (bicyclic) bond motifs is 1. The minimum Gasteiger partial charge on any atom is -0.353 e. The first-order valence-electron chi connectivity index (χ1n) is 6.06. The van der Waals surface area contributed by atoms with Gasteiger partial charge >= 0.3 is 0 Å². The third kappa shape index (κ3) is 1.36. The van der Waals surface area contributed by atoms with E-state index in [-0.39, 0.29) is 11.3 Å². The molecule has 16 heavy (non-hydrogen) atoms. The van der Waals surface area contributed by atoms with Crippen molar-refractivity contribution >= 4 is 5.91 Å². The highest BCUT2D eigenvalue weighted by atomic mass is 16.2. The molecule has 1 aliphatic carbocycles. The highest BCUT2D eigenvalue weighted by molar-refractivity contribution is 5.80. The van der Waals surface area contributed by atoms with Crippen LogP contribution in [0.3, 0.4) is 0 Å². The number of carbonyl (C=O) groups is 1. The van der Waals surface area contributed by atoms with Crippen LogP contribution in [0, 0.1) is 5.41 Å². The zero-order valence-corrected chi connectivity index (χ0v) is 9.62. The molecule has 1 amide bonds. The Morgan fingerprint density at radius 1 is 1.25 bits per heavy atom. The van der Waals surface area contributed by atoms with Crippen molar-refractivity contribution in [3.05, 3.63) is 35.4 Å². The van der Waals surface area contributed by atoms with E-state index < -0.39 is 0 Å². The lowest BCUT2D eigenvalue weighted by atomic mass is 9.67. The predicted octanol–water partition coefficient (Wildman–Crippen LogP) is 2.07. The van der Waals surface area contributed by atoms with E-state index in [4.69, 9.17) is 0 Å². The molecular formula is C14H17NO. The smallest absolute Gasteiger partial charge is 0.220 e. The summed E-state index contributed by atoms with van der Waals surface area (Å²) >= 11 is 0. The molecule has 1 fully saturated rings. The Hall–Kier alpha value is -1.31. The van der Waals surface area contributed by atoms with Crippen molar-refractivity contribution in [1.29, 1.82) is 0 Å². The molecule has 1 aliphatic heterocycles. The van der Waals surface area contributed by atoms with Gasteiger partial charge in [-0.1, -0.05) is 24.3 Å². The summed E-state index contributed by atoms with van der Waals surface area (Å²) in [6.07, 6.45) is 4.03. The van der Waals surface area contributed by atoms with Gasteiger partial charge in [0.05, 0.1) is 0 Å². The first kappa shape index (κ1) is 9.88. The number of hydrogen-bond donors (Lipinski definition) is 1. The molecule has 1 aromatic rings. The van der Waals surface area contributed by atoms with Crippen molar-refractivity contribution in [1.82, 2.24) is 5.32 Å². The third-order valence-corrected chi connectivity index (χ3v) is 4.36. The van der Waals surface area contributed by atoms with Crippen molar-refractivity contribution in [2.45, 2.75) is 38.6 Å². The van der Waals surface area contributed by atoms with Gasteiger partial charge in [0.15, 0.2) is 0 Å². The van der Waals surface area contributed by atoms with Crippen LogP contribution in [-0.2, 0) is 17.6 Å². The highest BCUT2D eigenvalue weighted by Crippen LogP contribution is 2.43. The summed E-state index contributed by atoms with van der Waals surface area (Å²) in [6, 6.07) is 8.97. The van der Waals surface area contributed by atoms with E-state index in [1.54, 1.807) is 0 Å².